The number of halogens is 2. The van der Waals surface area contributed by atoms with Crippen molar-refractivity contribution in [1.82, 2.24) is 5.32 Å². The number of methoxy groups -OCH3 is 1. The summed E-state index contributed by atoms with van der Waals surface area (Å²) in [6.07, 6.45) is 0. The van der Waals surface area contributed by atoms with Gasteiger partial charge in [0.05, 0.1) is 25.5 Å². The highest BCUT2D eigenvalue weighted by atomic mass is 127. The molecule has 2 aliphatic rings. The minimum atomic E-state index is -0.565. The Morgan fingerprint density at radius 1 is 0.897 bits per heavy atom. The van der Waals surface area contributed by atoms with Gasteiger partial charge in [0.25, 0.3) is 0 Å². The first kappa shape index (κ1) is 26.1. The van der Waals surface area contributed by atoms with Crippen molar-refractivity contribution < 1.29 is 19.1 Å². The summed E-state index contributed by atoms with van der Waals surface area (Å²) in [6.45, 7) is 2.28. The van der Waals surface area contributed by atoms with Crippen LogP contribution in [0.4, 0.5) is 0 Å². The van der Waals surface area contributed by atoms with Crippen LogP contribution in [-0.4, -0.2) is 18.9 Å². The number of rotatable bonds is 5. The maximum atomic E-state index is 13.7. The molecule has 0 saturated heterocycles. The maximum absolute atomic E-state index is 13.7. The normalized spacial score (nSPS) is 16.2. The van der Waals surface area contributed by atoms with Gasteiger partial charge in [0.2, 0.25) is 0 Å². The summed E-state index contributed by atoms with van der Waals surface area (Å²) >= 11 is 4.54. The second kappa shape index (κ2) is 10.4. The topological polar surface area (TPSA) is 64.6 Å². The zero-order valence-electron chi connectivity index (χ0n) is 21.2. The van der Waals surface area contributed by atoms with Crippen molar-refractivity contribution in [2.45, 2.75) is 19.4 Å². The van der Waals surface area contributed by atoms with Gasteiger partial charge in [-0.15, -0.1) is 0 Å². The molecule has 0 radical (unpaired) electrons. The van der Waals surface area contributed by atoms with Crippen LogP contribution in [0.15, 0.2) is 95.7 Å². The Morgan fingerprint density at radius 3 is 2.28 bits per heavy atom. The number of ether oxygens (including phenoxy) is 2. The number of hydrogen-bond donors (Lipinski definition) is 1. The molecule has 0 spiro atoms. The first-order valence-electron chi connectivity index (χ1n) is 12.4. The van der Waals surface area contributed by atoms with E-state index in [0.717, 1.165) is 35.3 Å². The van der Waals surface area contributed by atoms with Crippen molar-refractivity contribution in [2.75, 3.05) is 7.11 Å². The van der Waals surface area contributed by atoms with Crippen molar-refractivity contribution in [1.29, 1.82) is 0 Å². The lowest BCUT2D eigenvalue weighted by Crippen LogP contribution is -2.29. The van der Waals surface area contributed by atoms with E-state index in [1.54, 1.807) is 0 Å². The highest BCUT2D eigenvalue weighted by Crippen LogP contribution is 2.48. The highest BCUT2D eigenvalue weighted by molar-refractivity contribution is 14.1. The fourth-order valence-electron chi connectivity index (χ4n) is 5.41. The SMILES string of the molecule is COC(=O)C1=C(C)NC2=C(C(=O)c3ccccc32)[C@@H]1c1cc(I)c(OCc2ccc3ccccc3c2)c(I)c1. The molecule has 1 aliphatic heterocycles. The number of allylic oxidation sites excluding steroid dienone is 2. The van der Waals surface area contributed by atoms with Gasteiger partial charge >= 0.3 is 5.97 Å². The largest absolute Gasteiger partial charge is 0.487 e. The molecule has 194 valence electrons. The number of benzene rings is 4. The van der Waals surface area contributed by atoms with E-state index >= 15 is 0 Å². The van der Waals surface area contributed by atoms with Crippen molar-refractivity contribution in [3.8, 4) is 5.75 Å². The second-order valence-corrected chi connectivity index (χ2v) is 11.9. The smallest absolute Gasteiger partial charge is 0.336 e. The van der Waals surface area contributed by atoms with Crippen LogP contribution in [0, 0.1) is 7.14 Å². The monoisotopic (exact) mass is 739 g/mol. The minimum Gasteiger partial charge on any atom is -0.487 e. The molecule has 4 aromatic rings. The lowest BCUT2D eigenvalue weighted by atomic mass is 9.80. The third kappa shape index (κ3) is 4.55. The summed E-state index contributed by atoms with van der Waals surface area (Å²) < 4.78 is 13.3. The second-order valence-electron chi connectivity index (χ2n) is 9.54. The number of ketones is 1. The molecule has 5 nitrogen and oxygen atoms in total. The fraction of sp³-hybridized carbons (Fsp3) is 0.125. The number of nitrogens with one attached hydrogen (secondary N) is 1. The Labute approximate surface area is 253 Å². The predicted octanol–water partition coefficient (Wildman–Crippen LogP) is 7.37. The molecule has 6 rings (SSSR count). The molecule has 39 heavy (non-hydrogen) atoms. The fourth-order valence-corrected chi connectivity index (χ4v) is 7.54. The van der Waals surface area contributed by atoms with Crippen LogP contribution in [0.25, 0.3) is 16.5 Å². The minimum absolute atomic E-state index is 0.0753. The zero-order valence-corrected chi connectivity index (χ0v) is 25.5. The molecule has 1 N–H and O–H groups in total. The predicted molar refractivity (Wildman–Crippen MR) is 168 cm³/mol. The van der Waals surface area contributed by atoms with Gasteiger partial charge in [-0.3, -0.25) is 4.79 Å². The molecule has 0 bridgehead atoms. The Kier molecular flexibility index (Phi) is 6.96. The number of Topliss-reactive ketones (excluding diaryl/α,β-unsaturated/α-hetero) is 1. The van der Waals surface area contributed by atoms with Gasteiger partial charge < -0.3 is 14.8 Å². The van der Waals surface area contributed by atoms with Gasteiger partial charge in [-0.2, -0.15) is 0 Å². The van der Waals surface area contributed by atoms with E-state index in [2.05, 4.69) is 80.8 Å². The molecular weight excluding hydrogens is 716 g/mol. The summed E-state index contributed by atoms with van der Waals surface area (Å²) in [4.78, 5) is 26.7. The number of esters is 1. The van der Waals surface area contributed by atoms with Crippen molar-refractivity contribution in [3.05, 3.63) is 125 Å². The Bertz CT molecular complexity index is 1730. The molecule has 1 atom stereocenters. The molecule has 0 saturated carbocycles. The van der Waals surface area contributed by atoms with Gasteiger partial charge in [-0.1, -0.05) is 60.7 Å². The Hall–Kier alpha value is -3.18. The first-order chi connectivity index (χ1) is 18.9. The Morgan fingerprint density at radius 2 is 1.56 bits per heavy atom. The van der Waals surface area contributed by atoms with Gasteiger partial charge in [0.1, 0.15) is 12.4 Å². The summed E-state index contributed by atoms with van der Waals surface area (Å²) in [7, 11) is 1.37. The van der Waals surface area contributed by atoms with E-state index in [1.165, 1.54) is 17.9 Å². The molecule has 7 heteroatoms. The van der Waals surface area contributed by atoms with Crippen LogP contribution in [0.5, 0.6) is 5.75 Å². The average Bonchev–Trinajstić information content (AvgIpc) is 3.22. The molecule has 0 aromatic heterocycles. The van der Waals surface area contributed by atoms with E-state index in [-0.39, 0.29) is 5.78 Å². The first-order valence-corrected chi connectivity index (χ1v) is 14.6. The van der Waals surface area contributed by atoms with Gasteiger partial charge in [-0.05, 0) is 92.2 Å². The van der Waals surface area contributed by atoms with E-state index in [1.807, 2.05) is 55.5 Å². The van der Waals surface area contributed by atoms with E-state index in [0.29, 0.717) is 29.0 Å². The average molecular weight is 739 g/mol. The van der Waals surface area contributed by atoms with Crippen molar-refractivity contribution in [2.24, 2.45) is 0 Å². The number of dihydropyridines is 1. The van der Waals surface area contributed by atoms with Crippen LogP contribution in [-0.2, 0) is 16.1 Å². The van der Waals surface area contributed by atoms with Gasteiger partial charge in [0, 0.05) is 28.3 Å². The van der Waals surface area contributed by atoms with Crippen LogP contribution in [0.3, 0.4) is 0 Å². The van der Waals surface area contributed by atoms with Crippen molar-refractivity contribution >= 4 is 73.4 Å². The third-order valence-electron chi connectivity index (χ3n) is 7.21. The highest BCUT2D eigenvalue weighted by Gasteiger charge is 2.43. The van der Waals surface area contributed by atoms with Gasteiger partial charge in [0.15, 0.2) is 5.78 Å². The summed E-state index contributed by atoms with van der Waals surface area (Å²) in [5.41, 5.74) is 5.86. The molecular formula is C32H23I2NO4. The van der Waals surface area contributed by atoms with Crippen LogP contribution >= 0.6 is 45.2 Å². The Balaban J connectivity index is 1.38. The third-order valence-corrected chi connectivity index (χ3v) is 8.81. The standard InChI is InChI=1S/C32H23I2NO4/c1-17-26(32(37)38-2)27(28-29(35-17)22-9-5-6-10-23(22)30(28)36)21-14-24(33)31(25(34)15-21)39-16-18-11-12-19-7-3-4-8-20(19)13-18/h3-15,27,35H,16H2,1-2H3/t27-/m1/s1. The number of fused-ring (bicyclic) bond motifs is 3. The summed E-state index contributed by atoms with van der Waals surface area (Å²) in [6, 6.07) is 26.2. The molecule has 0 unspecified atom stereocenters. The molecule has 4 aromatic carbocycles. The zero-order chi connectivity index (χ0) is 27.3. The van der Waals surface area contributed by atoms with Crippen LogP contribution in [0.2, 0.25) is 0 Å². The van der Waals surface area contributed by atoms with Gasteiger partial charge in [-0.25, -0.2) is 4.79 Å². The number of carbonyl (C=O) groups excluding carboxylic acids is 2. The van der Waals surface area contributed by atoms with E-state index in [4.69, 9.17) is 9.47 Å². The van der Waals surface area contributed by atoms with E-state index in [9.17, 15) is 9.59 Å². The lowest BCUT2D eigenvalue weighted by Gasteiger charge is -2.29. The summed E-state index contributed by atoms with van der Waals surface area (Å²) in [5.74, 6) is -0.321. The summed E-state index contributed by atoms with van der Waals surface area (Å²) in [5, 5.41) is 5.70. The molecule has 1 heterocycles. The molecule has 0 fully saturated rings. The number of hydrogen-bond acceptors (Lipinski definition) is 5. The van der Waals surface area contributed by atoms with E-state index < -0.39 is 11.9 Å². The molecule has 1 aliphatic carbocycles. The molecule has 0 amide bonds. The van der Waals surface area contributed by atoms with Crippen LogP contribution < -0.4 is 10.1 Å². The quantitative estimate of drug-likeness (QED) is 0.171. The maximum Gasteiger partial charge on any atom is 0.336 e. The lowest BCUT2D eigenvalue weighted by molar-refractivity contribution is -0.136. The number of carbonyl (C=O) groups is 2. The van der Waals surface area contributed by atoms with Crippen molar-refractivity contribution in [3.63, 3.8) is 0 Å². The van der Waals surface area contributed by atoms with Crippen LogP contribution in [0.1, 0.15) is 39.9 Å².